The highest BCUT2D eigenvalue weighted by molar-refractivity contribution is 6.14. The number of carbonyl (C=O) groups excluding carboxylic acids is 2. The van der Waals surface area contributed by atoms with Crippen LogP contribution in [0.25, 0.3) is 11.0 Å². The summed E-state index contributed by atoms with van der Waals surface area (Å²) in [5, 5.41) is 3.63. The molecule has 1 aliphatic heterocycles. The van der Waals surface area contributed by atoms with Crippen LogP contribution in [0.15, 0.2) is 52.9 Å². The van der Waals surface area contributed by atoms with Crippen LogP contribution >= 0.6 is 0 Å². The number of amides is 2. The summed E-state index contributed by atoms with van der Waals surface area (Å²) in [5.74, 6) is -0.342. The summed E-state index contributed by atoms with van der Waals surface area (Å²) in [6.07, 6.45) is 3.26. The fraction of sp³-hybridized carbons (Fsp3) is 0.333. The fourth-order valence-electron chi connectivity index (χ4n) is 3.62. The van der Waals surface area contributed by atoms with Gasteiger partial charge in [-0.1, -0.05) is 37.6 Å². The number of nitrogens with one attached hydrogen (secondary N) is 1. The van der Waals surface area contributed by atoms with Crippen molar-refractivity contribution in [1.29, 1.82) is 0 Å². The minimum absolute atomic E-state index is 0.158. The Morgan fingerprint density at radius 1 is 1.03 bits per heavy atom. The first-order valence-corrected chi connectivity index (χ1v) is 10.5. The van der Waals surface area contributed by atoms with Crippen LogP contribution in [0.3, 0.4) is 0 Å². The van der Waals surface area contributed by atoms with Gasteiger partial charge in [-0.15, -0.1) is 0 Å². The first kappa shape index (κ1) is 20.2. The number of hydrogen-bond acceptors (Lipinski definition) is 4. The Morgan fingerprint density at radius 3 is 2.50 bits per heavy atom. The second-order valence-electron chi connectivity index (χ2n) is 7.46. The molecule has 6 nitrogen and oxygen atoms in total. The summed E-state index contributed by atoms with van der Waals surface area (Å²) in [7, 11) is 0. The van der Waals surface area contributed by atoms with Crippen LogP contribution in [0.2, 0.25) is 0 Å². The highest BCUT2D eigenvalue weighted by Crippen LogP contribution is 2.32. The number of hydrogen-bond donors (Lipinski definition) is 1. The first-order chi connectivity index (χ1) is 14.7. The monoisotopic (exact) mass is 406 g/mol. The van der Waals surface area contributed by atoms with Crippen molar-refractivity contribution in [3.8, 4) is 0 Å². The lowest BCUT2D eigenvalue weighted by Crippen LogP contribution is -2.40. The standard InChI is InChI=1S/C24H26N2O4/c1-2-3-6-17-9-11-18(12-10-17)23(27)25-21-19-7-4-5-8-20(19)30-22(21)24(28)26-13-15-29-16-14-26/h4-5,7-12H,2-3,6,13-16H2,1H3,(H,25,27). The number of benzene rings is 2. The minimum atomic E-state index is -0.264. The van der Waals surface area contributed by atoms with E-state index in [0.717, 1.165) is 19.3 Å². The second-order valence-corrected chi connectivity index (χ2v) is 7.46. The van der Waals surface area contributed by atoms with Gasteiger partial charge in [0.05, 0.1) is 13.2 Å². The first-order valence-electron chi connectivity index (χ1n) is 10.5. The molecule has 4 rings (SSSR count). The van der Waals surface area contributed by atoms with E-state index in [1.54, 1.807) is 11.0 Å². The van der Waals surface area contributed by atoms with Gasteiger partial charge < -0.3 is 19.4 Å². The number of nitrogens with zero attached hydrogens (tertiary/aromatic N) is 1. The Bertz CT molecular complexity index is 1030. The van der Waals surface area contributed by atoms with Crippen LogP contribution in [-0.2, 0) is 11.2 Å². The molecule has 0 bridgehead atoms. The maximum absolute atomic E-state index is 13.1. The summed E-state index contributed by atoms with van der Waals surface area (Å²) in [6.45, 7) is 4.16. The Kier molecular flexibility index (Phi) is 6.14. The van der Waals surface area contributed by atoms with Crippen LogP contribution in [0.5, 0.6) is 0 Å². The van der Waals surface area contributed by atoms with Crippen molar-refractivity contribution in [3.63, 3.8) is 0 Å². The van der Waals surface area contributed by atoms with Gasteiger partial charge in [-0.05, 0) is 42.7 Å². The molecule has 1 saturated heterocycles. The third-order valence-electron chi connectivity index (χ3n) is 5.36. The Morgan fingerprint density at radius 2 is 1.77 bits per heavy atom. The zero-order valence-corrected chi connectivity index (χ0v) is 17.1. The number of furan rings is 1. The third-order valence-corrected chi connectivity index (χ3v) is 5.36. The molecule has 0 unspecified atom stereocenters. The summed E-state index contributed by atoms with van der Waals surface area (Å²) in [5.41, 5.74) is 2.75. The average Bonchev–Trinajstić information content (AvgIpc) is 3.16. The van der Waals surface area contributed by atoms with E-state index in [4.69, 9.17) is 9.15 Å². The van der Waals surface area contributed by atoms with Crippen molar-refractivity contribution in [3.05, 3.63) is 65.4 Å². The van der Waals surface area contributed by atoms with E-state index in [1.807, 2.05) is 42.5 Å². The highest BCUT2D eigenvalue weighted by Gasteiger charge is 2.27. The molecule has 30 heavy (non-hydrogen) atoms. The average molecular weight is 406 g/mol. The molecule has 1 aromatic heterocycles. The van der Waals surface area contributed by atoms with Crippen LogP contribution in [0, 0.1) is 0 Å². The van der Waals surface area contributed by atoms with E-state index in [1.165, 1.54) is 5.56 Å². The molecule has 0 atom stereocenters. The van der Waals surface area contributed by atoms with Gasteiger partial charge in [0.15, 0.2) is 0 Å². The predicted octanol–water partition coefficient (Wildman–Crippen LogP) is 4.50. The lowest BCUT2D eigenvalue weighted by atomic mass is 10.1. The fourth-order valence-corrected chi connectivity index (χ4v) is 3.62. The molecular weight excluding hydrogens is 380 g/mol. The summed E-state index contributed by atoms with van der Waals surface area (Å²) < 4.78 is 11.2. The van der Waals surface area contributed by atoms with E-state index in [0.29, 0.717) is 48.5 Å². The van der Waals surface area contributed by atoms with Gasteiger partial charge in [-0.3, -0.25) is 9.59 Å². The van der Waals surface area contributed by atoms with E-state index in [9.17, 15) is 9.59 Å². The van der Waals surface area contributed by atoms with Gasteiger partial charge in [0.2, 0.25) is 5.76 Å². The number of unbranched alkanes of at least 4 members (excludes halogenated alkanes) is 1. The van der Waals surface area contributed by atoms with E-state index in [-0.39, 0.29) is 17.6 Å². The molecule has 1 N–H and O–H groups in total. The number of anilines is 1. The van der Waals surface area contributed by atoms with Crippen molar-refractivity contribution in [2.75, 3.05) is 31.6 Å². The van der Waals surface area contributed by atoms with Crippen molar-refractivity contribution in [2.24, 2.45) is 0 Å². The summed E-state index contributed by atoms with van der Waals surface area (Å²) >= 11 is 0. The Hall–Kier alpha value is -3.12. The largest absolute Gasteiger partial charge is 0.449 e. The van der Waals surface area contributed by atoms with Crippen LogP contribution in [-0.4, -0.2) is 43.0 Å². The zero-order chi connectivity index (χ0) is 20.9. The van der Waals surface area contributed by atoms with Gasteiger partial charge in [0.25, 0.3) is 11.8 Å². The Balaban J connectivity index is 1.61. The SMILES string of the molecule is CCCCc1ccc(C(=O)Nc2c(C(=O)N3CCOCC3)oc3ccccc23)cc1. The number of para-hydroxylation sites is 1. The van der Waals surface area contributed by atoms with Gasteiger partial charge in [-0.25, -0.2) is 0 Å². The zero-order valence-electron chi connectivity index (χ0n) is 17.1. The molecule has 1 fully saturated rings. The number of aryl methyl sites for hydroxylation is 1. The molecule has 1 aliphatic rings. The number of fused-ring (bicyclic) bond motifs is 1. The molecule has 6 heteroatoms. The normalized spacial score (nSPS) is 14.1. The molecule has 2 aromatic carbocycles. The van der Waals surface area contributed by atoms with Gasteiger partial charge in [0.1, 0.15) is 11.3 Å². The molecule has 156 valence electrons. The van der Waals surface area contributed by atoms with E-state index >= 15 is 0 Å². The molecule has 0 radical (unpaired) electrons. The van der Waals surface area contributed by atoms with Crippen molar-refractivity contribution < 1.29 is 18.7 Å². The van der Waals surface area contributed by atoms with Gasteiger partial charge >= 0.3 is 0 Å². The molecule has 2 amide bonds. The summed E-state index contributed by atoms with van der Waals surface area (Å²) in [6, 6.07) is 15.0. The molecule has 0 aliphatic carbocycles. The maximum Gasteiger partial charge on any atom is 0.291 e. The topological polar surface area (TPSA) is 71.8 Å². The lowest BCUT2D eigenvalue weighted by Gasteiger charge is -2.26. The van der Waals surface area contributed by atoms with Crippen molar-refractivity contribution in [2.45, 2.75) is 26.2 Å². The minimum Gasteiger partial charge on any atom is -0.449 e. The smallest absolute Gasteiger partial charge is 0.291 e. The van der Waals surface area contributed by atoms with Gasteiger partial charge in [0, 0.05) is 24.0 Å². The maximum atomic E-state index is 13.1. The lowest BCUT2D eigenvalue weighted by molar-refractivity contribution is 0.0285. The Labute approximate surface area is 175 Å². The molecule has 0 spiro atoms. The highest BCUT2D eigenvalue weighted by atomic mass is 16.5. The van der Waals surface area contributed by atoms with E-state index < -0.39 is 0 Å². The van der Waals surface area contributed by atoms with Crippen LogP contribution < -0.4 is 5.32 Å². The van der Waals surface area contributed by atoms with Crippen LogP contribution in [0.4, 0.5) is 5.69 Å². The third kappa shape index (κ3) is 4.24. The van der Waals surface area contributed by atoms with Gasteiger partial charge in [-0.2, -0.15) is 0 Å². The van der Waals surface area contributed by atoms with E-state index in [2.05, 4.69) is 12.2 Å². The molecule has 0 saturated carbocycles. The number of morpholine rings is 1. The number of rotatable bonds is 6. The van der Waals surface area contributed by atoms with Crippen molar-refractivity contribution in [1.82, 2.24) is 4.90 Å². The number of carbonyl (C=O) groups is 2. The summed E-state index contributed by atoms with van der Waals surface area (Å²) in [4.78, 5) is 27.7. The quantitative estimate of drug-likeness (QED) is 0.654. The molecule has 2 heterocycles. The molecular formula is C24H26N2O4. The predicted molar refractivity (Wildman–Crippen MR) is 116 cm³/mol. The second kappa shape index (κ2) is 9.13. The number of ether oxygens (including phenoxy) is 1. The van der Waals surface area contributed by atoms with Crippen molar-refractivity contribution >= 4 is 28.5 Å². The molecule has 3 aromatic rings. The van der Waals surface area contributed by atoms with Crippen LogP contribution in [0.1, 0.15) is 46.2 Å².